The van der Waals surface area contributed by atoms with Crippen molar-refractivity contribution in [2.75, 3.05) is 18.9 Å². The van der Waals surface area contributed by atoms with Crippen LogP contribution in [0.1, 0.15) is 30.3 Å². The maximum absolute atomic E-state index is 13.2. The molecule has 23 heavy (non-hydrogen) atoms. The fourth-order valence-corrected chi connectivity index (χ4v) is 1.96. The molecular weight excluding hydrogens is 302 g/mol. The second kappa shape index (κ2) is 7.62. The van der Waals surface area contributed by atoms with Gasteiger partial charge in [-0.25, -0.2) is 18.7 Å². The minimum Gasteiger partial charge on any atom is -0.340 e. The van der Waals surface area contributed by atoms with Crippen LogP contribution in [0.15, 0.2) is 30.6 Å². The van der Waals surface area contributed by atoms with Crippen LogP contribution in [0.2, 0.25) is 0 Å². The number of halogens is 2. The highest BCUT2D eigenvalue weighted by molar-refractivity contribution is 5.92. The Hall–Kier alpha value is -2.57. The van der Waals surface area contributed by atoms with E-state index in [1.807, 2.05) is 6.92 Å². The number of anilines is 2. The molecule has 0 fully saturated rings. The maximum Gasteiger partial charge on any atom is 0.272 e. The van der Waals surface area contributed by atoms with Crippen LogP contribution in [0, 0.1) is 11.6 Å². The lowest BCUT2D eigenvalue weighted by atomic mass is 10.2. The number of aromatic nitrogens is 2. The Kier molecular flexibility index (Phi) is 5.56. The minimum absolute atomic E-state index is 0.214. The molecule has 1 aromatic carbocycles. The lowest BCUT2D eigenvalue weighted by Gasteiger charge is -2.16. The van der Waals surface area contributed by atoms with E-state index in [1.54, 1.807) is 11.9 Å². The summed E-state index contributed by atoms with van der Waals surface area (Å²) in [6.07, 6.45) is 3.15. The van der Waals surface area contributed by atoms with E-state index in [9.17, 15) is 13.6 Å². The molecule has 0 aliphatic heterocycles. The zero-order valence-electron chi connectivity index (χ0n) is 13.0. The first-order valence-electron chi connectivity index (χ1n) is 7.31. The van der Waals surface area contributed by atoms with Crippen molar-refractivity contribution in [3.8, 4) is 0 Å². The number of hydrogen-bond acceptors (Lipinski definition) is 4. The van der Waals surface area contributed by atoms with Gasteiger partial charge in [-0.3, -0.25) is 4.79 Å². The van der Waals surface area contributed by atoms with Crippen molar-refractivity contribution < 1.29 is 13.6 Å². The van der Waals surface area contributed by atoms with Crippen molar-refractivity contribution in [3.63, 3.8) is 0 Å². The monoisotopic (exact) mass is 320 g/mol. The first-order valence-corrected chi connectivity index (χ1v) is 7.31. The van der Waals surface area contributed by atoms with Crippen molar-refractivity contribution in [3.05, 3.63) is 47.9 Å². The van der Waals surface area contributed by atoms with Crippen LogP contribution in [0.4, 0.5) is 20.3 Å². The summed E-state index contributed by atoms with van der Waals surface area (Å²) in [5, 5.41) is 2.82. The Morgan fingerprint density at radius 1 is 1.22 bits per heavy atom. The molecule has 0 unspecified atom stereocenters. The van der Waals surface area contributed by atoms with E-state index in [-0.39, 0.29) is 11.6 Å². The normalized spacial score (nSPS) is 10.4. The van der Waals surface area contributed by atoms with Gasteiger partial charge < -0.3 is 10.2 Å². The first-order chi connectivity index (χ1) is 11.0. The second-order valence-electron chi connectivity index (χ2n) is 5.12. The van der Waals surface area contributed by atoms with Crippen molar-refractivity contribution in [1.82, 2.24) is 14.9 Å². The van der Waals surface area contributed by atoms with Gasteiger partial charge in [0, 0.05) is 31.4 Å². The topological polar surface area (TPSA) is 58.1 Å². The summed E-state index contributed by atoms with van der Waals surface area (Å²) >= 11 is 0. The molecule has 0 aliphatic carbocycles. The molecular formula is C16H18F2N4O. The molecule has 0 saturated heterocycles. The van der Waals surface area contributed by atoms with Gasteiger partial charge in [-0.15, -0.1) is 0 Å². The zero-order chi connectivity index (χ0) is 16.8. The standard InChI is InChI=1S/C16H18F2N4O/c1-3-4-7-22(2)16(23)14-9-15(20-10-19-14)21-11-5-6-12(17)13(18)8-11/h5-6,8-10H,3-4,7H2,1-2H3,(H,19,20,21). The fourth-order valence-electron chi connectivity index (χ4n) is 1.96. The van der Waals surface area contributed by atoms with E-state index in [2.05, 4.69) is 15.3 Å². The van der Waals surface area contributed by atoms with Crippen LogP contribution >= 0.6 is 0 Å². The van der Waals surface area contributed by atoms with E-state index in [4.69, 9.17) is 0 Å². The molecule has 2 rings (SSSR count). The van der Waals surface area contributed by atoms with Crippen LogP contribution in [0.25, 0.3) is 0 Å². The maximum atomic E-state index is 13.2. The van der Waals surface area contributed by atoms with E-state index >= 15 is 0 Å². The van der Waals surface area contributed by atoms with Crippen LogP contribution in [0.5, 0.6) is 0 Å². The number of nitrogens with one attached hydrogen (secondary N) is 1. The third-order valence-corrected chi connectivity index (χ3v) is 3.27. The van der Waals surface area contributed by atoms with Crippen molar-refractivity contribution in [2.24, 2.45) is 0 Å². The number of nitrogens with zero attached hydrogens (tertiary/aromatic N) is 3. The van der Waals surface area contributed by atoms with Gasteiger partial charge in [0.05, 0.1) is 0 Å². The van der Waals surface area contributed by atoms with Gasteiger partial charge >= 0.3 is 0 Å². The molecule has 2 aromatic rings. The van der Waals surface area contributed by atoms with Gasteiger partial charge in [0.1, 0.15) is 17.8 Å². The van der Waals surface area contributed by atoms with Gasteiger partial charge in [-0.1, -0.05) is 13.3 Å². The number of hydrogen-bond donors (Lipinski definition) is 1. The highest BCUT2D eigenvalue weighted by Gasteiger charge is 2.14. The van der Waals surface area contributed by atoms with Crippen LogP contribution in [0.3, 0.4) is 0 Å². The minimum atomic E-state index is -0.959. The molecule has 0 saturated carbocycles. The van der Waals surface area contributed by atoms with Crippen molar-refractivity contribution in [2.45, 2.75) is 19.8 Å². The number of carbonyl (C=O) groups is 1. The third-order valence-electron chi connectivity index (χ3n) is 3.27. The largest absolute Gasteiger partial charge is 0.340 e. The summed E-state index contributed by atoms with van der Waals surface area (Å²) in [6, 6.07) is 4.90. The summed E-state index contributed by atoms with van der Waals surface area (Å²) in [5.41, 5.74) is 0.573. The number of amides is 1. The Balaban J connectivity index is 2.13. The second-order valence-corrected chi connectivity index (χ2v) is 5.12. The summed E-state index contributed by atoms with van der Waals surface area (Å²) in [4.78, 5) is 21.8. The SMILES string of the molecule is CCCCN(C)C(=O)c1cc(Nc2ccc(F)c(F)c2)ncn1. The van der Waals surface area contributed by atoms with E-state index < -0.39 is 11.6 Å². The smallest absolute Gasteiger partial charge is 0.272 e. The van der Waals surface area contributed by atoms with Gasteiger partial charge in [0.25, 0.3) is 5.91 Å². The van der Waals surface area contributed by atoms with Crippen LogP contribution in [-0.4, -0.2) is 34.4 Å². The van der Waals surface area contributed by atoms with Gasteiger partial charge in [0.15, 0.2) is 11.6 Å². The molecule has 1 heterocycles. The van der Waals surface area contributed by atoms with E-state index in [0.717, 1.165) is 25.0 Å². The lowest BCUT2D eigenvalue weighted by Crippen LogP contribution is -2.28. The average molecular weight is 320 g/mol. The van der Waals surface area contributed by atoms with Gasteiger partial charge in [-0.2, -0.15) is 0 Å². The number of unbranched alkanes of at least 4 members (excludes halogenated alkanes) is 1. The Bertz CT molecular complexity index is 694. The van der Waals surface area contributed by atoms with E-state index in [0.29, 0.717) is 18.1 Å². The molecule has 7 heteroatoms. The molecule has 0 bridgehead atoms. The third kappa shape index (κ3) is 4.45. The molecule has 1 amide bonds. The molecule has 5 nitrogen and oxygen atoms in total. The molecule has 122 valence electrons. The lowest BCUT2D eigenvalue weighted by molar-refractivity contribution is 0.0787. The molecule has 0 aliphatic rings. The molecule has 0 spiro atoms. The summed E-state index contributed by atoms with van der Waals surface area (Å²) in [5.74, 6) is -1.77. The van der Waals surface area contributed by atoms with Crippen LogP contribution in [-0.2, 0) is 0 Å². The average Bonchev–Trinajstić information content (AvgIpc) is 2.55. The number of benzene rings is 1. The summed E-state index contributed by atoms with van der Waals surface area (Å²) in [7, 11) is 1.71. The highest BCUT2D eigenvalue weighted by atomic mass is 19.2. The zero-order valence-corrected chi connectivity index (χ0v) is 13.0. The molecule has 0 radical (unpaired) electrons. The van der Waals surface area contributed by atoms with Gasteiger partial charge in [-0.05, 0) is 18.6 Å². The molecule has 0 atom stereocenters. The Morgan fingerprint density at radius 2 is 2.00 bits per heavy atom. The Labute approximate surface area is 133 Å². The Morgan fingerprint density at radius 3 is 2.70 bits per heavy atom. The predicted octanol–water partition coefficient (Wildman–Crippen LogP) is 3.37. The number of rotatable bonds is 6. The first kappa shape index (κ1) is 16.8. The fraction of sp³-hybridized carbons (Fsp3) is 0.312. The molecule has 1 aromatic heterocycles. The summed E-state index contributed by atoms with van der Waals surface area (Å²) < 4.78 is 26.1. The summed E-state index contributed by atoms with van der Waals surface area (Å²) in [6.45, 7) is 2.69. The quantitative estimate of drug-likeness (QED) is 0.886. The molecule has 1 N–H and O–H groups in total. The predicted molar refractivity (Wildman–Crippen MR) is 83.5 cm³/mol. The van der Waals surface area contributed by atoms with Crippen molar-refractivity contribution >= 4 is 17.4 Å². The highest BCUT2D eigenvalue weighted by Crippen LogP contribution is 2.18. The number of carbonyl (C=O) groups excluding carboxylic acids is 1. The van der Waals surface area contributed by atoms with Gasteiger partial charge in [0.2, 0.25) is 0 Å². The van der Waals surface area contributed by atoms with Crippen LogP contribution < -0.4 is 5.32 Å². The van der Waals surface area contributed by atoms with Crippen molar-refractivity contribution in [1.29, 1.82) is 0 Å². The van der Waals surface area contributed by atoms with E-state index in [1.165, 1.54) is 18.5 Å².